The highest BCUT2D eigenvalue weighted by molar-refractivity contribution is 5.85. The summed E-state index contributed by atoms with van der Waals surface area (Å²) < 4.78 is 0. The summed E-state index contributed by atoms with van der Waals surface area (Å²) in [6.07, 6.45) is 6.76. The zero-order valence-corrected chi connectivity index (χ0v) is 12.7. The summed E-state index contributed by atoms with van der Waals surface area (Å²) in [4.78, 5) is 11.7. The molecule has 1 aliphatic rings. The van der Waals surface area contributed by atoms with E-state index in [1.165, 1.54) is 25.7 Å². The van der Waals surface area contributed by atoms with Gasteiger partial charge >= 0.3 is 0 Å². The van der Waals surface area contributed by atoms with Crippen LogP contribution in [0.4, 0.5) is 0 Å². The number of carbonyl (C=O) groups is 1. The molecular formula is C14H29ClN2O. The highest BCUT2D eigenvalue weighted by Gasteiger charge is 2.21. The predicted molar refractivity (Wildman–Crippen MR) is 79.2 cm³/mol. The van der Waals surface area contributed by atoms with Crippen molar-refractivity contribution in [3.05, 3.63) is 0 Å². The Labute approximate surface area is 118 Å². The zero-order chi connectivity index (χ0) is 12.5. The zero-order valence-electron chi connectivity index (χ0n) is 11.8. The molecule has 1 heterocycles. The number of piperidine rings is 1. The second kappa shape index (κ2) is 10.6. The van der Waals surface area contributed by atoms with Crippen molar-refractivity contribution in [2.75, 3.05) is 19.6 Å². The predicted octanol–water partition coefficient (Wildman–Crippen LogP) is 2.74. The van der Waals surface area contributed by atoms with Crippen LogP contribution < -0.4 is 10.6 Å². The van der Waals surface area contributed by atoms with Crippen LogP contribution in [-0.2, 0) is 4.79 Å². The Balaban J connectivity index is 0.00000289. The highest BCUT2D eigenvalue weighted by atomic mass is 35.5. The van der Waals surface area contributed by atoms with Crippen LogP contribution in [0, 0.1) is 11.8 Å². The van der Waals surface area contributed by atoms with Gasteiger partial charge in [0.25, 0.3) is 0 Å². The lowest BCUT2D eigenvalue weighted by Gasteiger charge is -2.28. The molecule has 1 fully saturated rings. The summed E-state index contributed by atoms with van der Waals surface area (Å²) in [7, 11) is 0. The van der Waals surface area contributed by atoms with Crippen molar-refractivity contribution >= 4 is 18.3 Å². The maximum Gasteiger partial charge on any atom is 0.220 e. The molecule has 4 heteroatoms. The molecule has 1 saturated heterocycles. The number of halogens is 1. The maximum atomic E-state index is 11.7. The first-order chi connectivity index (χ1) is 8.24. The van der Waals surface area contributed by atoms with Crippen molar-refractivity contribution < 1.29 is 4.79 Å². The van der Waals surface area contributed by atoms with Crippen LogP contribution in [0.15, 0.2) is 0 Å². The molecule has 0 saturated carbocycles. The summed E-state index contributed by atoms with van der Waals surface area (Å²) >= 11 is 0. The standard InChI is InChI=1S/C14H28N2O.ClH/c1-3-4-5-9-16-14(17)10-12(2)13-7-6-8-15-11-13;/h12-13,15H,3-11H2,1-2H3,(H,16,17);1H. The van der Waals surface area contributed by atoms with E-state index in [-0.39, 0.29) is 18.3 Å². The van der Waals surface area contributed by atoms with Crippen LogP contribution in [0.5, 0.6) is 0 Å². The van der Waals surface area contributed by atoms with Gasteiger partial charge < -0.3 is 10.6 Å². The van der Waals surface area contributed by atoms with Gasteiger partial charge in [0.2, 0.25) is 5.91 Å². The van der Waals surface area contributed by atoms with Gasteiger partial charge in [-0.25, -0.2) is 0 Å². The molecule has 0 bridgehead atoms. The minimum absolute atomic E-state index is 0. The number of unbranched alkanes of at least 4 members (excludes halogenated alkanes) is 2. The molecule has 1 amide bonds. The third-order valence-electron chi connectivity index (χ3n) is 3.75. The lowest BCUT2D eigenvalue weighted by Crippen LogP contribution is -2.35. The van der Waals surface area contributed by atoms with Crippen molar-refractivity contribution in [3.8, 4) is 0 Å². The summed E-state index contributed by atoms with van der Waals surface area (Å²) in [5.74, 6) is 1.43. The van der Waals surface area contributed by atoms with E-state index < -0.39 is 0 Å². The van der Waals surface area contributed by atoms with Crippen molar-refractivity contribution in [1.82, 2.24) is 10.6 Å². The van der Waals surface area contributed by atoms with Gasteiger partial charge in [-0.2, -0.15) is 0 Å². The second-order valence-corrected chi connectivity index (χ2v) is 5.34. The number of carbonyl (C=O) groups excluding carboxylic acids is 1. The fourth-order valence-electron chi connectivity index (χ4n) is 2.50. The van der Waals surface area contributed by atoms with E-state index in [4.69, 9.17) is 0 Å². The van der Waals surface area contributed by atoms with Crippen LogP contribution in [0.3, 0.4) is 0 Å². The van der Waals surface area contributed by atoms with Gasteiger partial charge in [0, 0.05) is 13.0 Å². The first-order valence-corrected chi connectivity index (χ1v) is 7.21. The van der Waals surface area contributed by atoms with Crippen molar-refractivity contribution in [2.45, 2.75) is 52.4 Å². The third kappa shape index (κ3) is 7.22. The van der Waals surface area contributed by atoms with Gasteiger partial charge in [-0.1, -0.05) is 26.7 Å². The van der Waals surface area contributed by atoms with E-state index >= 15 is 0 Å². The number of nitrogens with one attached hydrogen (secondary N) is 2. The first kappa shape index (κ1) is 17.7. The molecule has 108 valence electrons. The molecular weight excluding hydrogens is 248 g/mol. The summed E-state index contributed by atoms with van der Waals surface area (Å²) in [5, 5.41) is 6.45. The normalized spacial score (nSPS) is 20.9. The number of rotatable bonds is 7. The Hall–Kier alpha value is -0.280. The largest absolute Gasteiger partial charge is 0.356 e. The van der Waals surface area contributed by atoms with Gasteiger partial charge in [-0.05, 0) is 44.2 Å². The Morgan fingerprint density at radius 3 is 2.83 bits per heavy atom. The molecule has 1 rings (SSSR count). The lowest BCUT2D eigenvalue weighted by molar-refractivity contribution is -0.122. The molecule has 3 nitrogen and oxygen atoms in total. The van der Waals surface area contributed by atoms with Crippen LogP contribution in [0.2, 0.25) is 0 Å². The summed E-state index contributed by atoms with van der Waals surface area (Å²) in [6, 6.07) is 0. The van der Waals surface area contributed by atoms with Gasteiger partial charge in [0.1, 0.15) is 0 Å². The number of hydrogen-bond acceptors (Lipinski definition) is 2. The monoisotopic (exact) mass is 276 g/mol. The Bertz CT molecular complexity index is 218. The molecule has 1 aliphatic heterocycles. The van der Waals surface area contributed by atoms with Crippen molar-refractivity contribution in [3.63, 3.8) is 0 Å². The van der Waals surface area contributed by atoms with E-state index in [0.717, 1.165) is 26.1 Å². The fraction of sp³-hybridized carbons (Fsp3) is 0.929. The molecule has 0 radical (unpaired) electrons. The van der Waals surface area contributed by atoms with E-state index in [1.54, 1.807) is 0 Å². The SMILES string of the molecule is CCCCCNC(=O)CC(C)C1CCCNC1.Cl. The lowest BCUT2D eigenvalue weighted by atomic mass is 9.85. The third-order valence-corrected chi connectivity index (χ3v) is 3.75. The molecule has 0 aliphatic carbocycles. The van der Waals surface area contributed by atoms with Crippen molar-refractivity contribution in [2.24, 2.45) is 11.8 Å². The van der Waals surface area contributed by atoms with Gasteiger partial charge in [0.05, 0.1) is 0 Å². The molecule has 0 aromatic carbocycles. The molecule has 0 aromatic rings. The average Bonchev–Trinajstić information content (AvgIpc) is 2.36. The van der Waals surface area contributed by atoms with E-state index in [2.05, 4.69) is 24.5 Å². The number of amides is 1. The molecule has 18 heavy (non-hydrogen) atoms. The summed E-state index contributed by atoms with van der Waals surface area (Å²) in [6.45, 7) is 7.47. The minimum atomic E-state index is 0. The van der Waals surface area contributed by atoms with E-state index in [0.29, 0.717) is 18.3 Å². The van der Waals surface area contributed by atoms with Crippen LogP contribution in [0.1, 0.15) is 52.4 Å². The van der Waals surface area contributed by atoms with Gasteiger partial charge in [-0.3, -0.25) is 4.79 Å². The van der Waals surface area contributed by atoms with Gasteiger partial charge in [-0.15, -0.1) is 12.4 Å². The van der Waals surface area contributed by atoms with Gasteiger partial charge in [0.15, 0.2) is 0 Å². The topological polar surface area (TPSA) is 41.1 Å². The fourth-order valence-corrected chi connectivity index (χ4v) is 2.50. The first-order valence-electron chi connectivity index (χ1n) is 7.21. The molecule has 0 spiro atoms. The van der Waals surface area contributed by atoms with Crippen LogP contribution in [-0.4, -0.2) is 25.5 Å². The number of hydrogen-bond donors (Lipinski definition) is 2. The quantitative estimate of drug-likeness (QED) is 0.702. The molecule has 2 N–H and O–H groups in total. The molecule has 2 atom stereocenters. The van der Waals surface area contributed by atoms with E-state index in [9.17, 15) is 4.79 Å². The highest BCUT2D eigenvalue weighted by Crippen LogP contribution is 2.22. The Kier molecular flexibility index (Phi) is 10.5. The minimum Gasteiger partial charge on any atom is -0.356 e. The van der Waals surface area contributed by atoms with Crippen LogP contribution >= 0.6 is 12.4 Å². The molecule has 2 unspecified atom stereocenters. The maximum absolute atomic E-state index is 11.7. The van der Waals surface area contributed by atoms with Crippen molar-refractivity contribution in [1.29, 1.82) is 0 Å². The molecule has 0 aromatic heterocycles. The van der Waals surface area contributed by atoms with E-state index in [1.807, 2.05) is 0 Å². The summed E-state index contributed by atoms with van der Waals surface area (Å²) in [5.41, 5.74) is 0. The smallest absolute Gasteiger partial charge is 0.220 e. The Morgan fingerprint density at radius 1 is 1.44 bits per heavy atom. The van der Waals surface area contributed by atoms with Crippen LogP contribution in [0.25, 0.3) is 0 Å². The Morgan fingerprint density at radius 2 is 2.22 bits per heavy atom. The second-order valence-electron chi connectivity index (χ2n) is 5.34. The average molecular weight is 277 g/mol.